The van der Waals surface area contributed by atoms with Gasteiger partial charge in [0.1, 0.15) is 0 Å². The molecule has 1 heterocycles. The number of rotatable bonds is 3. The van der Waals surface area contributed by atoms with Gasteiger partial charge in [0.05, 0.1) is 15.8 Å². The lowest BCUT2D eigenvalue weighted by Gasteiger charge is -2.21. The third-order valence-corrected chi connectivity index (χ3v) is 5.74. The van der Waals surface area contributed by atoms with Gasteiger partial charge in [0.2, 0.25) is 0 Å². The normalized spacial score (nSPS) is 16.6. The molecular weight excluding hydrogens is 272 g/mol. The van der Waals surface area contributed by atoms with E-state index in [4.69, 9.17) is 5.26 Å². The summed E-state index contributed by atoms with van der Waals surface area (Å²) >= 11 is 3.55. The summed E-state index contributed by atoms with van der Waals surface area (Å²) in [5, 5.41) is 10.1. The fraction of sp³-hybridized carbons (Fsp3) is 0.400. The van der Waals surface area contributed by atoms with E-state index in [2.05, 4.69) is 16.9 Å². The van der Waals surface area contributed by atoms with Crippen LogP contribution in [0.25, 0.3) is 10.1 Å². The zero-order valence-electron chi connectivity index (χ0n) is 10.7. The first kappa shape index (κ1) is 13.0. The van der Waals surface area contributed by atoms with Crippen molar-refractivity contribution in [2.75, 3.05) is 0 Å². The summed E-state index contributed by atoms with van der Waals surface area (Å²) in [6.07, 6.45) is 6.71. The molecule has 98 valence electrons. The predicted molar refractivity (Wildman–Crippen MR) is 82.4 cm³/mol. The van der Waals surface area contributed by atoms with Crippen molar-refractivity contribution < 1.29 is 0 Å². The second-order valence-corrected chi connectivity index (χ2v) is 7.21. The van der Waals surface area contributed by atoms with E-state index in [9.17, 15) is 0 Å². The molecule has 2 nitrogen and oxygen atoms in total. The maximum Gasteiger partial charge on any atom is 0.0991 e. The van der Waals surface area contributed by atoms with E-state index in [1.807, 2.05) is 18.2 Å². The molecule has 0 atom stereocenters. The van der Waals surface area contributed by atoms with Crippen molar-refractivity contribution in [2.45, 2.75) is 42.4 Å². The Kier molecular flexibility index (Phi) is 4.07. The van der Waals surface area contributed by atoms with E-state index >= 15 is 0 Å². The Morgan fingerprint density at radius 3 is 2.84 bits per heavy atom. The largest absolute Gasteiger partial charge is 0.256 e. The fourth-order valence-corrected chi connectivity index (χ4v) is 4.56. The van der Waals surface area contributed by atoms with Crippen LogP contribution in [0.3, 0.4) is 0 Å². The average Bonchev–Trinajstić information content (AvgIpc) is 2.88. The maximum atomic E-state index is 8.91. The molecule has 0 radical (unpaired) electrons. The second-order valence-electron chi connectivity index (χ2n) is 4.98. The van der Waals surface area contributed by atoms with Gasteiger partial charge in [-0.15, -0.1) is 11.3 Å². The Balaban J connectivity index is 1.69. The van der Waals surface area contributed by atoms with Gasteiger partial charge in [0.15, 0.2) is 0 Å². The highest BCUT2D eigenvalue weighted by molar-refractivity contribution is 7.99. The SMILES string of the molecule is N#Cc1ccc2sc(SNC3CCCCC3)cc2c1. The number of benzene rings is 1. The smallest absolute Gasteiger partial charge is 0.0991 e. The van der Waals surface area contributed by atoms with Crippen LogP contribution in [0.2, 0.25) is 0 Å². The Hall–Kier alpha value is -1.02. The van der Waals surface area contributed by atoms with E-state index in [-0.39, 0.29) is 0 Å². The zero-order valence-corrected chi connectivity index (χ0v) is 12.3. The molecule has 0 bridgehead atoms. The van der Waals surface area contributed by atoms with Crippen molar-refractivity contribution in [1.29, 1.82) is 5.26 Å². The molecule has 3 rings (SSSR count). The van der Waals surface area contributed by atoms with Gasteiger partial charge in [-0.1, -0.05) is 19.3 Å². The van der Waals surface area contributed by atoms with Crippen LogP contribution in [0.15, 0.2) is 28.5 Å². The van der Waals surface area contributed by atoms with Crippen molar-refractivity contribution in [1.82, 2.24) is 4.72 Å². The molecular formula is C15H16N2S2. The quantitative estimate of drug-likeness (QED) is 0.831. The van der Waals surface area contributed by atoms with Crippen molar-refractivity contribution >= 4 is 33.4 Å². The number of hydrogen-bond acceptors (Lipinski definition) is 4. The molecule has 0 spiro atoms. The molecule has 1 aromatic heterocycles. The second kappa shape index (κ2) is 5.96. The summed E-state index contributed by atoms with van der Waals surface area (Å²) in [6.45, 7) is 0. The minimum Gasteiger partial charge on any atom is -0.256 e. The first-order valence-electron chi connectivity index (χ1n) is 6.71. The Labute approximate surface area is 122 Å². The molecule has 2 aromatic rings. The number of nitrogens with zero attached hydrogens (tertiary/aromatic N) is 1. The molecule has 4 heteroatoms. The number of fused-ring (bicyclic) bond motifs is 1. The summed E-state index contributed by atoms with van der Waals surface area (Å²) in [6, 6.07) is 10.9. The lowest BCUT2D eigenvalue weighted by molar-refractivity contribution is 0.423. The molecule has 0 amide bonds. The maximum absolute atomic E-state index is 8.91. The number of nitrogens with one attached hydrogen (secondary N) is 1. The number of nitriles is 1. The van der Waals surface area contributed by atoms with E-state index in [0.29, 0.717) is 6.04 Å². The summed E-state index contributed by atoms with van der Waals surface area (Å²) in [5.74, 6) is 0. The molecule has 1 fully saturated rings. The van der Waals surface area contributed by atoms with Crippen molar-refractivity contribution in [3.05, 3.63) is 29.8 Å². The third kappa shape index (κ3) is 3.11. The van der Waals surface area contributed by atoms with E-state index in [0.717, 1.165) is 5.56 Å². The van der Waals surface area contributed by atoms with Crippen molar-refractivity contribution in [2.24, 2.45) is 0 Å². The summed E-state index contributed by atoms with van der Waals surface area (Å²) < 4.78 is 6.13. The van der Waals surface area contributed by atoms with Crippen LogP contribution >= 0.6 is 23.3 Å². The lowest BCUT2D eigenvalue weighted by Crippen LogP contribution is -2.25. The highest BCUT2D eigenvalue weighted by Gasteiger charge is 2.13. The topological polar surface area (TPSA) is 35.8 Å². The minimum atomic E-state index is 0.665. The van der Waals surface area contributed by atoms with Crippen LogP contribution in [0.1, 0.15) is 37.7 Å². The van der Waals surface area contributed by atoms with Crippen LogP contribution in [0.5, 0.6) is 0 Å². The highest BCUT2D eigenvalue weighted by atomic mass is 32.2. The van der Waals surface area contributed by atoms with Crippen LogP contribution in [0, 0.1) is 11.3 Å². The molecule has 1 aliphatic carbocycles. The zero-order chi connectivity index (χ0) is 13.1. The highest BCUT2D eigenvalue weighted by Crippen LogP contribution is 2.33. The Morgan fingerprint density at radius 2 is 2.05 bits per heavy atom. The van der Waals surface area contributed by atoms with Gasteiger partial charge < -0.3 is 0 Å². The summed E-state index contributed by atoms with van der Waals surface area (Å²) in [4.78, 5) is 0. The molecule has 19 heavy (non-hydrogen) atoms. The Bertz CT molecular complexity index is 606. The molecule has 0 unspecified atom stereocenters. The third-order valence-electron chi connectivity index (χ3n) is 3.55. The van der Waals surface area contributed by atoms with Gasteiger partial charge in [-0.05, 0) is 54.4 Å². The van der Waals surface area contributed by atoms with Gasteiger partial charge in [-0.2, -0.15) is 5.26 Å². The van der Waals surface area contributed by atoms with E-state index < -0.39 is 0 Å². The first-order valence-corrected chi connectivity index (χ1v) is 8.34. The predicted octanol–water partition coefficient (Wildman–Crippen LogP) is 4.70. The van der Waals surface area contributed by atoms with Crippen molar-refractivity contribution in [3.63, 3.8) is 0 Å². The molecule has 1 N–H and O–H groups in total. The van der Waals surface area contributed by atoms with E-state index in [1.165, 1.54) is 46.4 Å². The van der Waals surface area contributed by atoms with Crippen LogP contribution in [-0.2, 0) is 0 Å². The molecule has 1 saturated carbocycles. The van der Waals surface area contributed by atoms with Crippen LogP contribution in [-0.4, -0.2) is 6.04 Å². The van der Waals surface area contributed by atoms with E-state index in [1.54, 1.807) is 23.3 Å². The average molecular weight is 288 g/mol. The van der Waals surface area contributed by atoms with Crippen LogP contribution < -0.4 is 4.72 Å². The van der Waals surface area contributed by atoms with Gasteiger partial charge in [-0.25, -0.2) is 0 Å². The molecule has 0 saturated heterocycles. The minimum absolute atomic E-state index is 0.665. The summed E-state index contributed by atoms with van der Waals surface area (Å²) in [7, 11) is 0. The van der Waals surface area contributed by atoms with Gasteiger partial charge in [0, 0.05) is 10.7 Å². The molecule has 1 aromatic carbocycles. The number of thiophene rings is 1. The monoisotopic (exact) mass is 288 g/mol. The molecule has 0 aliphatic heterocycles. The van der Waals surface area contributed by atoms with Crippen molar-refractivity contribution in [3.8, 4) is 6.07 Å². The van der Waals surface area contributed by atoms with Gasteiger partial charge in [0.25, 0.3) is 0 Å². The Morgan fingerprint density at radius 1 is 1.21 bits per heavy atom. The fourth-order valence-electron chi connectivity index (χ4n) is 2.50. The van der Waals surface area contributed by atoms with Crippen LogP contribution in [0.4, 0.5) is 0 Å². The first-order chi connectivity index (χ1) is 9.35. The molecule has 1 aliphatic rings. The van der Waals surface area contributed by atoms with Gasteiger partial charge in [-0.3, -0.25) is 4.72 Å². The standard InChI is InChI=1S/C15H16N2S2/c16-10-11-6-7-14-12(8-11)9-15(18-14)19-17-13-4-2-1-3-5-13/h6-9,13,17H,1-5H2. The van der Waals surface area contributed by atoms with Gasteiger partial charge >= 0.3 is 0 Å². The lowest BCUT2D eigenvalue weighted by atomic mass is 9.96. The number of hydrogen-bond donors (Lipinski definition) is 1. The summed E-state index contributed by atoms with van der Waals surface area (Å²) in [5.41, 5.74) is 0.738.